The minimum Gasteiger partial charge on any atom is -0.507 e. The molecule has 1 aliphatic rings. The number of aliphatic hydroxyl groups is 1. The molecule has 0 saturated carbocycles. The third-order valence-corrected chi connectivity index (χ3v) is 4.38. The van der Waals surface area contributed by atoms with Crippen LogP contribution in [0, 0.1) is 12.7 Å². The number of rotatable bonds is 4. The number of carbonyl (C=O) groups is 2. The Balaban J connectivity index is 2.18. The number of nitrogens with zero attached hydrogens (tertiary/aromatic N) is 1. The molecule has 1 fully saturated rings. The minimum atomic E-state index is -0.796. The van der Waals surface area contributed by atoms with Crippen molar-refractivity contribution in [2.24, 2.45) is 0 Å². The van der Waals surface area contributed by atoms with Crippen LogP contribution in [0.25, 0.3) is 5.76 Å². The van der Waals surface area contributed by atoms with Gasteiger partial charge in [-0.15, -0.1) is 6.58 Å². The van der Waals surface area contributed by atoms with Gasteiger partial charge in [0.1, 0.15) is 11.6 Å². The van der Waals surface area contributed by atoms with Crippen molar-refractivity contribution < 1.29 is 19.1 Å². The Morgan fingerprint density at radius 3 is 2.35 bits per heavy atom. The molecule has 1 saturated heterocycles. The lowest BCUT2D eigenvalue weighted by Crippen LogP contribution is -2.29. The number of amides is 1. The van der Waals surface area contributed by atoms with Crippen LogP contribution >= 0.6 is 0 Å². The summed E-state index contributed by atoms with van der Waals surface area (Å²) in [6, 6.07) is 11.7. The van der Waals surface area contributed by atoms with Crippen LogP contribution < -0.4 is 0 Å². The molecule has 4 nitrogen and oxygen atoms in total. The Morgan fingerprint density at radius 2 is 1.77 bits per heavy atom. The molecule has 3 rings (SSSR count). The highest BCUT2D eigenvalue weighted by Crippen LogP contribution is 2.39. The molecule has 2 aromatic carbocycles. The van der Waals surface area contributed by atoms with Gasteiger partial charge in [0.15, 0.2) is 0 Å². The number of carbonyl (C=O) groups excluding carboxylic acids is 2. The molecule has 0 bridgehead atoms. The van der Waals surface area contributed by atoms with E-state index in [4.69, 9.17) is 0 Å². The Bertz CT molecular complexity index is 898. The molecule has 1 aliphatic heterocycles. The highest BCUT2D eigenvalue weighted by Gasteiger charge is 2.45. The quantitative estimate of drug-likeness (QED) is 0.395. The lowest BCUT2D eigenvalue weighted by molar-refractivity contribution is -0.139. The van der Waals surface area contributed by atoms with Gasteiger partial charge in [0.05, 0.1) is 11.6 Å². The Hall–Kier alpha value is -3.21. The van der Waals surface area contributed by atoms with E-state index >= 15 is 0 Å². The number of ketones is 1. The van der Waals surface area contributed by atoms with Crippen LogP contribution in [0.5, 0.6) is 0 Å². The summed E-state index contributed by atoms with van der Waals surface area (Å²) in [5, 5.41) is 10.8. The molecular weight excluding hydrogens is 333 g/mol. The first-order chi connectivity index (χ1) is 12.4. The number of likely N-dealkylation sites (tertiary alicyclic amines) is 1. The summed E-state index contributed by atoms with van der Waals surface area (Å²) in [6.45, 7) is 5.66. The third-order valence-electron chi connectivity index (χ3n) is 4.38. The molecular formula is C21H18FNO3. The van der Waals surface area contributed by atoms with Gasteiger partial charge in [-0.05, 0) is 24.6 Å². The molecule has 26 heavy (non-hydrogen) atoms. The van der Waals surface area contributed by atoms with Crippen molar-refractivity contribution in [3.8, 4) is 0 Å². The standard InChI is InChI=1S/C21H18FNO3/c1-3-12-23-18(14-8-10-16(22)11-9-14)17(20(25)21(23)26)19(24)15-6-4-13(2)5-7-15/h3-11,18,24H,1,12H2,2H3/t18-/m0/s1. The molecule has 0 aromatic heterocycles. The van der Waals surface area contributed by atoms with Crippen molar-refractivity contribution in [2.45, 2.75) is 13.0 Å². The zero-order valence-corrected chi connectivity index (χ0v) is 14.3. The summed E-state index contributed by atoms with van der Waals surface area (Å²) >= 11 is 0. The smallest absolute Gasteiger partial charge is 0.295 e. The number of halogens is 1. The maximum Gasteiger partial charge on any atom is 0.295 e. The van der Waals surface area contributed by atoms with Gasteiger partial charge in [-0.2, -0.15) is 0 Å². The fourth-order valence-electron chi connectivity index (χ4n) is 3.07. The number of benzene rings is 2. The molecule has 1 amide bonds. The van der Waals surface area contributed by atoms with Crippen molar-refractivity contribution in [1.82, 2.24) is 4.90 Å². The zero-order chi connectivity index (χ0) is 18.8. The number of aryl methyl sites for hydroxylation is 1. The summed E-state index contributed by atoms with van der Waals surface area (Å²) in [5.74, 6) is -2.15. The highest BCUT2D eigenvalue weighted by atomic mass is 19.1. The lowest BCUT2D eigenvalue weighted by atomic mass is 9.95. The van der Waals surface area contributed by atoms with Gasteiger partial charge in [-0.25, -0.2) is 4.39 Å². The van der Waals surface area contributed by atoms with E-state index in [9.17, 15) is 19.1 Å². The molecule has 5 heteroatoms. The van der Waals surface area contributed by atoms with Crippen LogP contribution in [0.3, 0.4) is 0 Å². The molecule has 1 N–H and O–H groups in total. The summed E-state index contributed by atoms with van der Waals surface area (Å²) in [6.07, 6.45) is 1.51. The van der Waals surface area contributed by atoms with Crippen LogP contribution in [-0.4, -0.2) is 28.2 Å². The zero-order valence-electron chi connectivity index (χ0n) is 14.3. The third kappa shape index (κ3) is 3.04. The summed E-state index contributed by atoms with van der Waals surface area (Å²) < 4.78 is 13.3. The molecule has 2 aromatic rings. The van der Waals surface area contributed by atoms with E-state index in [1.54, 1.807) is 12.1 Å². The largest absolute Gasteiger partial charge is 0.507 e. The Morgan fingerprint density at radius 1 is 1.15 bits per heavy atom. The van der Waals surface area contributed by atoms with Crippen LogP contribution in [0.1, 0.15) is 22.7 Å². The van der Waals surface area contributed by atoms with E-state index in [-0.39, 0.29) is 17.9 Å². The maximum absolute atomic E-state index is 13.3. The molecule has 0 aliphatic carbocycles. The molecule has 1 atom stereocenters. The topological polar surface area (TPSA) is 57.6 Å². The molecule has 0 spiro atoms. The summed E-state index contributed by atoms with van der Waals surface area (Å²) in [7, 11) is 0. The van der Waals surface area contributed by atoms with Gasteiger partial charge in [0.2, 0.25) is 0 Å². The normalized spacial score (nSPS) is 19.0. The second-order valence-corrected chi connectivity index (χ2v) is 6.16. The van der Waals surface area contributed by atoms with Crippen molar-refractivity contribution in [3.63, 3.8) is 0 Å². The predicted octanol–water partition coefficient (Wildman–Crippen LogP) is 3.74. The van der Waals surface area contributed by atoms with E-state index in [2.05, 4.69) is 6.58 Å². The average Bonchev–Trinajstić information content (AvgIpc) is 2.88. The molecule has 132 valence electrons. The van der Waals surface area contributed by atoms with E-state index in [1.165, 1.54) is 35.2 Å². The maximum atomic E-state index is 13.3. The van der Waals surface area contributed by atoms with Crippen LogP contribution in [0.15, 0.2) is 66.8 Å². The van der Waals surface area contributed by atoms with Crippen molar-refractivity contribution in [3.05, 3.63) is 89.3 Å². The molecule has 0 radical (unpaired) electrons. The second kappa shape index (κ2) is 6.96. The van der Waals surface area contributed by atoms with Gasteiger partial charge in [0, 0.05) is 12.1 Å². The van der Waals surface area contributed by atoms with Crippen molar-refractivity contribution in [1.29, 1.82) is 0 Å². The van der Waals surface area contributed by atoms with Gasteiger partial charge >= 0.3 is 0 Å². The first kappa shape index (κ1) is 17.6. The lowest BCUT2D eigenvalue weighted by Gasteiger charge is -2.24. The number of hydrogen-bond donors (Lipinski definition) is 1. The van der Waals surface area contributed by atoms with Crippen LogP contribution in [0.4, 0.5) is 4.39 Å². The van der Waals surface area contributed by atoms with Gasteiger partial charge < -0.3 is 10.0 Å². The Labute approximate surface area is 150 Å². The number of hydrogen-bond acceptors (Lipinski definition) is 3. The van der Waals surface area contributed by atoms with Gasteiger partial charge in [-0.1, -0.05) is 48.0 Å². The van der Waals surface area contributed by atoms with Crippen LogP contribution in [0.2, 0.25) is 0 Å². The fraction of sp³-hybridized carbons (Fsp3) is 0.143. The van der Waals surface area contributed by atoms with E-state index in [1.807, 2.05) is 19.1 Å². The minimum absolute atomic E-state index is 0.00712. The van der Waals surface area contributed by atoms with Crippen LogP contribution in [-0.2, 0) is 9.59 Å². The first-order valence-electron chi connectivity index (χ1n) is 8.16. The number of Topliss-reactive ketones (excluding diaryl/α,β-unsaturated/α-hetero) is 1. The van der Waals surface area contributed by atoms with Gasteiger partial charge in [0.25, 0.3) is 11.7 Å². The van der Waals surface area contributed by atoms with Gasteiger partial charge in [-0.3, -0.25) is 9.59 Å². The van der Waals surface area contributed by atoms with E-state index in [0.29, 0.717) is 11.1 Å². The second-order valence-electron chi connectivity index (χ2n) is 6.16. The monoisotopic (exact) mass is 351 g/mol. The predicted molar refractivity (Wildman–Crippen MR) is 96.8 cm³/mol. The first-order valence-corrected chi connectivity index (χ1v) is 8.16. The molecule has 1 heterocycles. The van der Waals surface area contributed by atoms with Crippen molar-refractivity contribution in [2.75, 3.05) is 6.54 Å². The highest BCUT2D eigenvalue weighted by molar-refractivity contribution is 6.46. The number of aliphatic hydroxyl groups excluding tert-OH is 1. The summed E-state index contributed by atoms with van der Waals surface area (Å²) in [5.41, 5.74) is 1.98. The molecule has 0 unspecified atom stereocenters. The van der Waals surface area contributed by atoms with E-state index < -0.39 is 23.5 Å². The SMILES string of the molecule is C=CCN1C(=O)C(=O)C(=C(O)c2ccc(C)cc2)[C@@H]1c1ccc(F)cc1. The average molecular weight is 351 g/mol. The fourth-order valence-corrected chi connectivity index (χ4v) is 3.07. The van der Waals surface area contributed by atoms with Crippen molar-refractivity contribution >= 4 is 17.4 Å². The van der Waals surface area contributed by atoms with E-state index in [0.717, 1.165) is 5.56 Å². The Kier molecular flexibility index (Phi) is 4.71. The summed E-state index contributed by atoms with van der Waals surface area (Å²) in [4.78, 5) is 26.4.